The van der Waals surface area contributed by atoms with Crippen molar-refractivity contribution in [1.29, 1.82) is 0 Å². The smallest absolute Gasteiger partial charge is 0.338 e. The van der Waals surface area contributed by atoms with Gasteiger partial charge in [-0.2, -0.15) is 0 Å². The van der Waals surface area contributed by atoms with Gasteiger partial charge in [0.15, 0.2) is 18.1 Å². The molecule has 0 saturated heterocycles. The third-order valence-electron chi connectivity index (χ3n) is 3.59. The van der Waals surface area contributed by atoms with Crippen molar-refractivity contribution in [1.82, 2.24) is 5.32 Å². The number of nitrogens with one attached hydrogen (secondary N) is 1. The zero-order chi connectivity index (χ0) is 20.7. The average molecular weight is 406 g/mol. The van der Waals surface area contributed by atoms with Crippen LogP contribution in [0.3, 0.4) is 0 Å². The molecule has 0 atom stereocenters. The molecule has 7 heteroatoms. The third-order valence-corrected chi connectivity index (χ3v) is 3.96. The molecule has 0 aromatic heterocycles. The van der Waals surface area contributed by atoms with E-state index >= 15 is 0 Å². The van der Waals surface area contributed by atoms with E-state index in [1.807, 2.05) is 39.0 Å². The van der Waals surface area contributed by atoms with Gasteiger partial charge in [-0.25, -0.2) is 4.79 Å². The Balaban J connectivity index is 2.00. The molecular weight excluding hydrogens is 382 g/mol. The van der Waals surface area contributed by atoms with Crippen molar-refractivity contribution in [3.63, 3.8) is 0 Å². The number of amides is 1. The standard InChI is InChI=1S/C21H24ClNO5/c1-21(2,3)23-19(24)13-28-20(25)14-9-10-17(18(11-14)26-4)27-12-15-7-5-6-8-16(15)22/h5-11H,12-13H2,1-4H3,(H,23,24). The topological polar surface area (TPSA) is 73.9 Å². The largest absolute Gasteiger partial charge is 0.493 e. The molecule has 0 heterocycles. The maximum absolute atomic E-state index is 12.2. The Hall–Kier alpha value is -2.73. The Morgan fingerprint density at radius 2 is 1.79 bits per heavy atom. The Bertz CT molecular complexity index is 845. The Labute approximate surface area is 169 Å². The zero-order valence-electron chi connectivity index (χ0n) is 16.4. The molecule has 2 rings (SSSR count). The molecule has 28 heavy (non-hydrogen) atoms. The van der Waals surface area contributed by atoms with E-state index in [9.17, 15) is 9.59 Å². The molecule has 0 spiro atoms. The van der Waals surface area contributed by atoms with Crippen LogP contribution in [0.25, 0.3) is 0 Å². The number of halogens is 1. The molecule has 1 N–H and O–H groups in total. The summed E-state index contributed by atoms with van der Waals surface area (Å²) in [5.74, 6) is -0.155. The van der Waals surface area contributed by atoms with Gasteiger partial charge in [-0.3, -0.25) is 4.79 Å². The molecule has 0 radical (unpaired) electrons. The molecule has 0 aliphatic heterocycles. The molecule has 150 valence electrons. The van der Waals surface area contributed by atoms with Crippen LogP contribution in [-0.2, 0) is 16.1 Å². The Morgan fingerprint density at radius 3 is 2.43 bits per heavy atom. The highest BCUT2D eigenvalue weighted by Gasteiger charge is 2.17. The molecule has 2 aromatic rings. The third kappa shape index (κ3) is 6.46. The summed E-state index contributed by atoms with van der Waals surface area (Å²) in [6.45, 7) is 5.44. The highest BCUT2D eigenvalue weighted by molar-refractivity contribution is 6.31. The fourth-order valence-electron chi connectivity index (χ4n) is 2.35. The lowest BCUT2D eigenvalue weighted by Gasteiger charge is -2.20. The van der Waals surface area contributed by atoms with E-state index in [0.717, 1.165) is 5.56 Å². The van der Waals surface area contributed by atoms with Crippen molar-refractivity contribution in [2.24, 2.45) is 0 Å². The summed E-state index contributed by atoms with van der Waals surface area (Å²) in [5.41, 5.74) is 0.693. The number of esters is 1. The van der Waals surface area contributed by atoms with Crippen molar-refractivity contribution < 1.29 is 23.8 Å². The van der Waals surface area contributed by atoms with Gasteiger partial charge in [-0.05, 0) is 45.0 Å². The molecule has 0 fully saturated rings. The maximum atomic E-state index is 12.2. The fourth-order valence-corrected chi connectivity index (χ4v) is 2.54. The van der Waals surface area contributed by atoms with Crippen molar-refractivity contribution in [3.05, 3.63) is 58.6 Å². The number of ether oxygens (including phenoxy) is 3. The first kappa shape index (κ1) is 21.6. The molecule has 2 aromatic carbocycles. The van der Waals surface area contributed by atoms with Gasteiger partial charge < -0.3 is 19.5 Å². The lowest BCUT2D eigenvalue weighted by atomic mass is 10.1. The van der Waals surface area contributed by atoms with Crippen LogP contribution < -0.4 is 14.8 Å². The first-order valence-corrected chi connectivity index (χ1v) is 9.10. The van der Waals surface area contributed by atoms with Gasteiger partial charge in [0.2, 0.25) is 0 Å². The summed E-state index contributed by atoms with van der Waals surface area (Å²) < 4.78 is 16.1. The highest BCUT2D eigenvalue weighted by Crippen LogP contribution is 2.30. The van der Waals surface area contributed by atoms with Crippen LogP contribution in [0.5, 0.6) is 11.5 Å². The van der Waals surface area contributed by atoms with Crippen LogP contribution in [0.1, 0.15) is 36.7 Å². The van der Waals surface area contributed by atoms with Crippen LogP contribution in [0.15, 0.2) is 42.5 Å². The predicted molar refractivity (Wildman–Crippen MR) is 107 cm³/mol. The van der Waals surface area contributed by atoms with E-state index in [1.165, 1.54) is 13.2 Å². The van der Waals surface area contributed by atoms with Crippen molar-refractivity contribution in [2.45, 2.75) is 32.9 Å². The van der Waals surface area contributed by atoms with Gasteiger partial charge in [0.25, 0.3) is 5.91 Å². The van der Waals surface area contributed by atoms with Crippen molar-refractivity contribution in [2.75, 3.05) is 13.7 Å². The SMILES string of the molecule is COc1cc(C(=O)OCC(=O)NC(C)(C)C)ccc1OCc1ccccc1Cl. The molecule has 6 nitrogen and oxygen atoms in total. The Morgan fingerprint density at radius 1 is 1.07 bits per heavy atom. The first-order valence-electron chi connectivity index (χ1n) is 8.72. The molecule has 0 bridgehead atoms. The second-order valence-corrected chi connectivity index (χ2v) is 7.53. The van der Waals surface area contributed by atoms with Gasteiger partial charge in [0.1, 0.15) is 6.61 Å². The maximum Gasteiger partial charge on any atom is 0.338 e. The van der Waals surface area contributed by atoms with Crippen LogP contribution in [0, 0.1) is 0 Å². The van der Waals surface area contributed by atoms with E-state index in [1.54, 1.807) is 18.2 Å². The molecule has 1 amide bonds. The monoisotopic (exact) mass is 405 g/mol. The van der Waals surface area contributed by atoms with E-state index in [4.69, 9.17) is 25.8 Å². The minimum absolute atomic E-state index is 0.255. The number of carbonyl (C=O) groups is 2. The van der Waals surface area contributed by atoms with E-state index in [0.29, 0.717) is 16.5 Å². The van der Waals surface area contributed by atoms with Gasteiger partial charge in [0, 0.05) is 16.1 Å². The lowest BCUT2D eigenvalue weighted by Crippen LogP contribution is -2.42. The number of hydrogen-bond donors (Lipinski definition) is 1. The van der Waals surface area contributed by atoms with Crippen LogP contribution in [0.2, 0.25) is 5.02 Å². The summed E-state index contributed by atoms with van der Waals surface area (Å²) in [4.78, 5) is 24.0. The van der Waals surface area contributed by atoms with Gasteiger partial charge in [0.05, 0.1) is 12.7 Å². The van der Waals surface area contributed by atoms with Crippen LogP contribution >= 0.6 is 11.6 Å². The molecule has 0 aliphatic rings. The summed E-state index contributed by atoms with van der Waals surface area (Å²) in [6.07, 6.45) is 0. The van der Waals surface area contributed by atoms with Crippen molar-refractivity contribution >= 4 is 23.5 Å². The number of methoxy groups -OCH3 is 1. The van der Waals surface area contributed by atoms with E-state index in [2.05, 4.69) is 5.32 Å². The minimum atomic E-state index is -0.625. The lowest BCUT2D eigenvalue weighted by molar-refractivity contribution is -0.125. The number of hydrogen-bond acceptors (Lipinski definition) is 5. The second kappa shape index (κ2) is 9.46. The van der Waals surface area contributed by atoms with Gasteiger partial charge in [-0.15, -0.1) is 0 Å². The predicted octanol–water partition coefficient (Wildman–Crippen LogP) is 4.00. The fraction of sp³-hybridized carbons (Fsp3) is 0.333. The summed E-state index contributed by atoms with van der Waals surface area (Å²) in [6, 6.07) is 12.0. The average Bonchev–Trinajstić information content (AvgIpc) is 2.64. The first-order chi connectivity index (χ1) is 13.2. The summed E-state index contributed by atoms with van der Waals surface area (Å²) >= 11 is 6.13. The van der Waals surface area contributed by atoms with Crippen LogP contribution in [-0.4, -0.2) is 31.1 Å². The van der Waals surface area contributed by atoms with Crippen LogP contribution in [0.4, 0.5) is 0 Å². The molecule has 0 aliphatic carbocycles. The highest BCUT2D eigenvalue weighted by atomic mass is 35.5. The van der Waals surface area contributed by atoms with E-state index in [-0.39, 0.29) is 24.7 Å². The normalized spacial score (nSPS) is 10.9. The van der Waals surface area contributed by atoms with Gasteiger partial charge >= 0.3 is 5.97 Å². The zero-order valence-corrected chi connectivity index (χ0v) is 17.1. The minimum Gasteiger partial charge on any atom is -0.493 e. The summed E-state index contributed by atoms with van der Waals surface area (Å²) in [7, 11) is 1.48. The van der Waals surface area contributed by atoms with Crippen molar-refractivity contribution in [3.8, 4) is 11.5 Å². The van der Waals surface area contributed by atoms with Gasteiger partial charge in [-0.1, -0.05) is 29.8 Å². The van der Waals surface area contributed by atoms with E-state index < -0.39 is 11.5 Å². The number of benzene rings is 2. The quantitative estimate of drug-likeness (QED) is 0.705. The summed E-state index contributed by atoms with van der Waals surface area (Å²) in [5, 5.41) is 3.33. The Kier molecular flexibility index (Phi) is 7.29. The molecular formula is C21H24ClNO5. The number of rotatable bonds is 7. The second-order valence-electron chi connectivity index (χ2n) is 7.12. The number of carbonyl (C=O) groups excluding carboxylic acids is 2. The molecule has 0 unspecified atom stereocenters. The molecule has 0 saturated carbocycles.